The standard InChI is InChI=1S/C36H54O2S2/c1-3-5-7-9-11-17-27-39-29-19-25-37-35-31-21-13-15-23-33(31)36(34-24-16-14-22-32(34)35)38-26-20-30-40-28-18-12-10-8-6-4-2/h13-16,21-24H,3-12,17-20,25-30H2,1-2H3. The molecule has 4 heteroatoms. The van der Waals surface area contributed by atoms with Crippen LogP contribution < -0.4 is 9.47 Å². The average Bonchev–Trinajstić information content (AvgIpc) is 2.99. The Bertz CT molecular complexity index is 926. The molecule has 222 valence electrons. The van der Waals surface area contributed by atoms with Gasteiger partial charge in [0.2, 0.25) is 0 Å². The number of ether oxygens (including phenoxy) is 2. The zero-order chi connectivity index (χ0) is 28.1. The molecular weight excluding hydrogens is 529 g/mol. The molecule has 3 aromatic carbocycles. The van der Waals surface area contributed by atoms with Crippen LogP contribution in [0.2, 0.25) is 0 Å². The molecule has 40 heavy (non-hydrogen) atoms. The van der Waals surface area contributed by atoms with Crippen molar-refractivity contribution in [3.8, 4) is 11.5 Å². The molecule has 0 spiro atoms. The smallest absolute Gasteiger partial charge is 0.135 e. The molecule has 0 aliphatic carbocycles. The van der Waals surface area contributed by atoms with Crippen molar-refractivity contribution in [2.45, 2.75) is 104 Å². The van der Waals surface area contributed by atoms with E-state index in [1.54, 1.807) is 0 Å². The minimum Gasteiger partial charge on any atom is -0.492 e. The lowest BCUT2D eigenvalue weighted by Gasteiger charge is -2.18. The van der Waals surface area contributed by atoms with Crippen molar-refractivity contribution in [1.82, 2.24) is 0 Å². The van der Waals surface area contributed by atoms with Crippen molar-refractivity contribution in [1.29, 1.82) is 0 Å². The molecule has 2 nitrogen and oxygen atoms in total. The van der Waals surface area contributed by atoms with Crippen LogP contribution in [-0.2, 0) is 0 Å². The van der Waals surface area contributed by atoms with Crippen molar-refractivity contribution in [3.63, 3.8) is 0 Å². The predicted molar refractivity (Wildman–Crippen MR) is 183 cm³/mol. The number of hydrogen-bond acceptors (Lipinski definition) is 4. The summed E-state index contributed by atoms with van der Waals surface area (Å²) in [5.74, 6) is 6.91. The molecule has 3 rings (SSSR count). The average molecular weight is 583 g/mol. The minimum atomic E-state index is 0.757. The zero-order valence-corrected chi connectivity index (χ0v) is 27.0. The highest BCUT2D eigenvalue weighted by Gasteiger charge is 2.15. The number of thioether (sulfide) groups is 2. The van der Waals surface area contributed by atoms with E-state index in [1.807, 2.05) is 0 Å². The summed E-state index contributed by atoms with van der Waals surface area (Å²) in [7, 11) is 0. The number of benzene rings is 3. The van der Waals surface area contributed by atoms with Crippen molar-refractivity contribution in [2.24, 2.45) is 0 Å². The summed E-state index contributed by atoms with van der Waals surface area (Å²) >= 11 is 4.16. The molecule has 0 atom stereocenters. The Morgan fingerprint density at radius 1 is 0.425 bits per heavy atom. The Labute approximate surface area is 253 Å². The van der Waals surface area contributed by atoms with E-state index < -0.39 is 0 Å². The number of fused-ring (bicyclic) bond motifs is 2. The quantitative estimate of drug-likeness (QED) is 0.0772. The third kappa shape index (κ3) is 11.8. The molecule has 0 N–H and O–H groups in total. The van der Waals surface area contributed by atoms with Gasteiger partial charge in [0.15, 0.2) is 0 Å². The first-order valence-corrected chi connectivity index (χ1v) is 18.5. The number of hydrogen-bond donors (Lipinski definition) is 0. The topological polar surface area (TPSA) is 18.5 Å². The van der Waals surface area contributed by atoms with Crippen LogP contribution in [0.25, 0.3) is 21.5 Å². The van der Waals surface area contributed by atoms with Gasteiger partial charge in [-0.25, -0.2) is 0 Å². The first-order chi connectivity index (χ1) is 19.9. The van der Waals surface area contributed by atoms with Crippen molar-refractivity contribution < 1.29 is 9.47 Å². The molecule has 0 saturated carbocycles. The highest BCUT2D eigenvalue weighted by atomic mass is 32.2. The maximum absolute atomic E-state index is 6.50. The Morgan fingerprint density at radius 2 is 0.750 bits per heavy atom. The Balaban J connectivity index is 1.47. The molecule has 0 heterocycles. The maximum atomic E-state index is 6.50. The van der Waals surface area contributed by atoms with E-state index in [1.165, 1.54) is 100 Å². The van der Waals surface area contributed by atoms with Gasteiger partial charge in [-0.1, -0.05) is 127 Å². The highest BCUT2D eigenvalue weighted by molar-refractivity contribution is 7.99. The Morgan fingerprint density at radius 3 is 1.12 bits per heavy atom. The van der Waals surface area contributed by atoms with Gasteiger partial charge >= 0.3 is 0 Å². The maximum Gasteiger partial charge on any atom is 0.135 e. The SMILES string of the molecule is CCCCCCCCSCCCOc1c2ccccc2c(OCCCSCCCCCCCC)c2ccccc12. The lowest BCUT2D eigenvalue weighted by atomic mass is 10.0. The second-order valence-electron chi connectivity index (χ2n) is 10.9. The molecule has 0 saturated heterocycles. The molecule has 0 radical (unpaired) electrons. The Hall–Kier alpha value is -1.52. The van der Waals surface area contributed by atoms with Crippen LogP contribution in [0.1, 0.15) is 104 Å². The third-order valence-electron chi connectivity index (χ3n) is 7.48. The zero-order valence-electron chi connectivity index (χ0n) is 25.4. The van der Waals surface area contributed by atoms with Crippen molar-refractivity contribution >= 4 is 45.1 Å². The van der Waals surface area contributed by atoms with E-state index in [0.29, 0.717) is 0 Å². The molecule has 0 aliphatic heterocycles. The lowest BCUT2D eigenvalue weighted by Crippen LogP contribution is -2.03. The number of unbranched alkanes of at least 4 members (excludes halogenated alkanes) is 10. The van der Waals surface area contributed by atoms with Gasteiger partial charge < -0.3 is 9.47 Å². The van der Waals surface area contributed by atoms with Gasteiger partial charge in [-0.05, 0) is 48.7 Å². The molecule has 0 unspecified atom stereocenters. The van der Waals surface area contributed by atoms with Gasteiger partial charge in [-0.15, -0.1) is 0 Å². The molecule has 0 bridgehead atoms. The van der Waals surface area contributed by atoms with Crippen molar-refractivity contribution in [3.05, 3.63) is 48.5 Å². The van der Waals surface area contributed by atoms with Crippen LogP contribution in [0.15, 0.2) is 48.5 Å². The fourth-order valence-corrected chi connectivity index (χ4v) is 7.07. The summed E-state index contributed by atoms with van der Waals surface area (Å²) in [5.41, 5.74) is 0. The van der Waals surface area contributed by atoms with Gasteiger partial charge in [-0.3, -0.25) is 0 Å². The van der Waals surface area contributed by atoms with Crippen LogP contribution >= 0.6 is 23.5 Å². The first-order valence-electron chi connectivity index (χ1n) is 16.2. The lowest BCUT2D eigenvalue weighted by molar-refractivity contribution is 0.321. The molecule has 3 aromatic rings. The largest absolute Gasteiger partial charge is 0.492 e. The summed E-state index contributed by atoms with van der Waals surface area (Å²) in [6.45, 7) is 6.08. The fourth-order valence-electron chi connectivity index (χ4n) is 5.20. The summed E-state index contributed by atoms with van der Waals surface area (Å²) in [6, 6.07) is 17.2. The van der Waals surface area contributed by atoms with Gasteiger partial charge in [0, 0.05) is 21.5 Å². The summed E-state index contributed by atoms with van der Waals surface area (Å²) in [6.07, 6.45) is 18.7. The van der Waals surface area contributed by atoms with Crippen LogP contribution in [0, 0.1) is 0 Å². The highest BCUT2D eigenvalue weighted by Crippen LogP contribution is 2.42. The van der Waals surface area contributed by atoms with E-state index in [2.05, 4.69) is 85.9 Å². The molecule has 0 aromatic heterocycles. The predicted octanol–water partition coefficient (Wildman–Crippen LogP) is 11.7. The van der Waals surface area contributed by atoms with Crippen LogP contribution in [-0.4, -0.2) is 36.2 Å². The third-order valence-corrected chi connectivity index (χ3v) is 9.79. The molecule has 0 aliphatic rings. The molecule has 0 fully saturated rings. The van der Waals surface area contributed by atoms with E-state index >= 15 is 0 Å². The van der Waals surface area contributed by atoms with Gasteiger partial charge in [0.25, 0.3) is 0 Å². The van der Waals surface area contributed by atoms with Crippen molar-refractivity contribution in [2.75, 3.05) is 36.2 Å². The minimum absolute atomic E-state index is 0.757. The first kappa shape index (κ1) is 33.0. The second-order valence-corrected chi connectivity index (χ2v) is 13.4. The summed E-state index contributed by atoms with van der Waals surface area (Å²) < 4.78 is 13.0. The van der Waals surface area contributed by atoms with Crippen LogP contribution in [0.5, 0.6) is 11.5 Å². The molecular formula is C36H54O2S2. The van der Waals surface area contributed by atoms with E-state index in [0.717, 1.165) is 59.1 Å². The van der Waals surface area contributed by atoms with Crippen LogP contribution in [0.3, 0.4) is 0 Å². The van der Waals surface area contributed by atoms with Crippen LogP contribution in [0.4, 0.5) is 0 Å². The number of rotatable bonds is 24. The van der Waals surface area contributed by atoms with Gasteiger partial charge in [0.1, 0.15) is 11.5 Å². The monoisotopic (exact) mass is 582 g/mol. The van der Waals surface area contributed by atoms with Gasteiger partial charge in [-0.2, -0.15) is 23.5 Å². The van der Waals surface area contributed by atoms with E-state index in [4.69, 9.17) is 9.47 Å². The van der Waals surface area contributed by atoms with E-state index in [-0.39, 0.29) is 0 Å². The van der Waals surface area contributed by atoms with E-state index in [9.17, 15) is 0 Å². The summed E-state index contributed by atoms with van der Waals surface area (Å²) in [5, 5.41) is 4.64. The van der Waals surface area contributed by atoms with Gasteiger partial charge in [0.05, 0.1) is 13.2 Å². The second kappa shape index (κ2) is 21.2. The Kier molecular flexibility index (Phi) is 17.5. The molecule has 0 amide bonds. The fraction of sp³-hybridized carbons (Fsp3) is 0.611. The normalized spacial score (nSPS) is 11.4. The summed E-state index contributed by atoms with van der Waals surface area (Å²) in [4.78, 5) is 0.